The number of aromatic nitrogens is 2. The third-order valence-corrected chi connectivity index (χ3v) is 6.80. The van der Waals surface area contributed by atoms with Gasteiger partial charge in [-0.1, -0.05) is 17.7 Å². The lowest BCUT2D eigenvalue weighted by Crippen LogP contribution is -2.48. The van der Waals surface area contributed by atoms with E-state index in [1.165, 1.54) is 0 Å². The summed E-state index contributed by atoms with van der Waals surface area (Å²) in [6, 6.07) is 7.03. The topological polar surface area (TPSA) is 50.5 Å². The third-order valence-electron chi connectivity index (χ3n) is 4.36. The van der Waals surface area contributed by atoms with E-state index < -0.39 is 10.0 Å². The number of nitrogens with zero attached hydrogens (tertiary/aromatic N) is 4. The Kier molecular flexibility index (Phi) is 4.91. The molecule has 130 valence electrons. The first-order chi connectivity index (χ1) is 11.4. The van der Waals surface area contributed by atoms with Crippen molar-refractivity contribution in [3.63, 3.8) is 0 Å². The fourth-order valence-corrected chi connectivity index (χ4v) is 4.41. The molecule has 24 heavy (non-hydrogen) atoms. The summed E-state index contributed by atoms with van der Waals surface area (Å²) in [6.07, 6.45) is 3.89. The van der Waals surface area contributed by atoms with Gasteiger partial charge in [0.15, 0.2) is 4.77 Å². The van der Waals surface area contributed by atoms with Crippen molar-refractivity contribution in [2.45, 2.75) is 18.5 Å². The van der Waals surface area contributed by atoms with E-state index in [-0.39, 0.29) is 0 Å². The van der Waals surface area contributed by atoms with Crippen LogP contribution in [0, 0.1) is 11.7 Å². The third kappa shape index (κ3) is 3.46. The number of hydrogen-bond donors (Lipinski definition) is 0. The summed E-state index contributed by atoms with van der Waals surface area (Å²) in [6.45, 7) is 5.03. The summed E-state index contributed by atoms with van der Waals surface area (Å²) in [5, 5.41) is 0. The molecule has 0 atom stereocenters. The number of benzene rings is 1. The molecule has 0 bridgehead atoms. The zero-order valence-electron chi connectivity index (χ0n) is 13.9. The fraction of sp³-hybridized carbons (Fsp3) is 0.438. The minimum absolute atomic E-state index is 0.367. The maximum atomic E-state index is 12.7. The van der Waals surface area contributed by atoms with E-state index in [0.29, 0.717) is 37.7 Å². The maximum Gasteiger partial charge on any atom is 0.243 e. The number of imidazole rings is 1. The van der Waals surface area contributed by atoms with Crippen LogP contribution in [0.25, 0.3) is 0 Å². The second-order valence-corrected chi connectivity index (χ2v) is 8.44. The first kappa shape index (κ1) is 17.3. The lowest BCUT2D eigenvalue weighted by Gasteiger charge is -2.34. The molecule has 0 radical (unpaired) electrons. The average molecular weight is 367 g/mol. The van der Waals surface area contributed by atoms with Crippen molar-refractivity contribution in [3.05, 3.63) is 47.0 Å². The van der Waals surface area contributed by atoms with Crippen LogP contribution in [0.5, 0.6) is 0 Å². The van der Waals surface area contributed by atoms with Crippen LogP contribution in [0.1, 0.15) is 5.56 Å². The highest BCUT2D eigenvalue weighted by molar-refractivity contribution is 7.89. The number of aryl methyl sites for hydroxylation is 2. The molecule has 8 heteroatoms. The monoisotopic (exact) mass is 366 g/mol. The highest BCUT2D eigenvalue weighted by Gasteiger charge is 2.28. The van der Waals surface area contributed by atoms with E-state index in [2.05, 4.69) is 4.90 Å². The number of piperazine rings is 1. The molecule has 1 aliphatic heterocycles. The van der Waals surface area contributed by atoms with Gasteiger partial charge in [-0.3, -0.25) is 4.90 Å². The van der Waals surface area contributed by atoms with Gasteiger partial charge in [0, 0.05) is 45.6 Å². The molecule has 2 aromatic rings. The fourth-order valence-electron chi connectivity index (χ4n) is 2.80. The van der Waals surface area contributed by atoms with E-state index in [1.54, 1.807) is 16.4 Å². The van der Waals surface area contributed by atoms with Crippen molar-refractivity contribution in [3.8, 4) is 0 Å². The molecule has 0 aliphatic carbocycles. The van der Waals surface area contributed by atoms with Crippen LogP contribution in [-0.4, -0.2) is 52.9 Å². The van der Waals surface area contributed by atoms with Crippen LogP contribution in [-0.2, 0) is 23.7 Å². The molecule has 1 aromatic heterocycles. The molecule has 0 N–H and O–H groups in total. The molecule has 0 unspecified atom stereocenters. The largest absolute Gasteiger partial charge is 0.327 e. The van der Waals surface area contributed by atoms with Crippen LogP contribution < -0.4 is 0 Å². The van der Waals surface area contributed by atoms with Crippen LogP contribution in [0.4, 0.5) is 0 Å². The van der Waals surface area contributed by atoms with Gasteiger partial charge in [-0.25, -0.2) is 8.42 Å². The molecule has 2 heterocycles. The first-order valence-corrected chi connectivity index (χ1v) is 9.74. The lowest BCUT2D eigenvalue weighted by atomic mass is 10.2. The summed E-state index contributed by atoms with van der Waals surface area (Å²) < 4.78 is 31.6. The molecular formula is C16H22N4O2S2. The number of rotatable bonds is 4. The predicted octanol–water partition coefficient (Wildman–Crippen LogP) is 1.83. The molecule has 1 aromatic carbocycles. The molecule has 3 rings (SSSR count). The zero-order valence-corrected chi connectivity index (χ0v) is 15.6. The van der Waals surface area contributed by atoms with Gasteiger partial charge < -0.3 is 9.13 Å². The minimum Gasteiger partial charge on any atom is -0.327 e. The molecule has 0 amide bonds. The molecule has 6 nitrogen and oxygen atoms in total. The quantitative estimate of drug-likeness (QED) is 0.775. The van der Waals surface area contributed by atoms with Crippen LogP contribution in [0.2, 0.25) is 0 Å². The smallest absolute Gasteiger partial charge is 0.243 e. The standard InChI is InChI=1S/C16H22N4O2S2/c1-14-3-5-15(6-4-14)24(21,22)20-11-8-18(9-12-20)13-19-10-7-17(2)16(19)23/h3-7,10H,8-9,11-13H2,1-2H3. The van der Waals surface area contributed by atoms with Crippen molar-refractivity contribution in [2.75, 3.05) is 26.2 Å². The second-order valence-electron chi connectivity index (χ2n) is 6.14. The SMILES string of the molecule is Cc1ccc(S(=O)(=O)N2CCN(Cn3ccn(C)c3=S)CC2)cc1. The molecule has 0 saturated carbocycles. The summed E-state index contributed by atoms with van der Waals surface area (Å²) in [5.41, 5.74) is 1.05. The Morgan fingerprint density at radius 1 is 1.04 bits per heavy atom. The molecule has 0 spiro atoms. The van der Waals surface area contributed by atoms with Gasteiger partial charge in [0.2, 0.25) is 10.0 Å². The Bertz CT molecular complexity index is 860. The summed E-state index contributed by atoms with van der Waals surface area (Å²) in [5.74, 6) is 0. The first-order valence-electron chi connectivity index (χ1n) is 7.89. The van der Waals surface area contributed by atoms with Gasteiger partial charge in [0.25, 0.3) is 0 Å². The van der Waals surface area contributed by atoms with Crippen molar-refractivity contribution in [2.24, 2.45) is 7.05 Å². The Morgan fingerprint density at radius 2 is 1.67 bits per heavy atom. The Balaban J connectivity index is 1.65. The van der Waals surface area contributed by atoms with Crippen molar-refractivity contribution in [1.82, 2.24) is 18.3 Å². The van der Waals surface area contributed by atoms with Gasteiger partial charge in [-0.15, -0.1) is 0 Å². The van der Waals surface area contributed by atoms with Gasteiger partial charge >= 0.3 is 0 Å². The van der Waals surface area contributed by atoms with Crippen LogP contribution in [0.15, 0.2) is 41.6 Å². The van der Waals surface area contributed by atoms with Gasteiger partial charge in [-0.05, 0) is 31.3 Å². The van der Waals surface area contributed by atoms with Crippen molar-refractivity contribution < 1.29 is 8.42 Å². The van der Waals surface area contributed by atoms with Crippen molar-refractivity contribution >= 4 is 22.2 Å². The summed E-state index contributed by atoms with van der Waals surface area (Å²) in [4.78, 5) is 2.59. The lowest BCUT2D eigenvalue weighted by molar-refractivity contribution is 0.151. The summed E-state index contributed by atoms with van der Waals surface area (Å²) in [7, 11) is -1.48. The van der Waals surface area contributed by atoms with Gasteiger partial charge in [-0.2, -0.15) is 4.31 Å². The molecular weight excluding hydrogens is 344 g/mol. The molecule has 1 fully saturated rings. The van der Waals surface area contributed by atoms with Crippen LogP contribution in [0.3, 0.4) is 0 Å². The van der Waals surface area contributed by atoms with E-state index in [9.17, 15) is 8.42 Å². The van der Waals surface area contributed by atoms with E-state index in [4.69, 9.17) is 12.2 Å². The Labute approximate surface area is 148 Å². The van der Waals surface area contributed by atoms with Gasteiger partial charge in [0.1, 0.15) is 0 Å². The maximum absolute atomic E-state index is 12.7. The Hall–Kier alpha value is -1.48. The highest BCUT2D eigenvalue weighted by Crippen LogP contribution is 2.18. The average Bonchev–Trinajstić information content (AvgIpc) is 2.88. The number of hydrogen-bond acceptors (Lipinski definition) is 4. The van der Waals surface area contributed by atoms with Gasteiger partial charge in [0.05, 0.1) is 11.6 Å². The number of sulfonamides is 1. The predicted molar refractivity (Wildman–Crippen MR) is 95.7 cm³/mol. The van der Waals surface area contributed by atoms with E-state index in [1.807, 2.05) is 47.6 Å². The van der Waals surface area contributed by atoms with E-state index >= 15 is 0 Å². The molecule has 1 aliphatic rings. The summed E-state index contributed by atoms with van der Waals surface area (Å²) >= 11 is 5.34. The highest BCUT2D eigenvalue weighted by atomic mass is 32.2. The van der Waals surface area contributed by atoms with E-state index in [0.717, 1.165) is 10.3 Å². The van der Waals surface area contributed by atoms with Crippen molar-refractivity contribution in [1.29, 1.82) is 0 Å². The zero-order chi connectivity index (χ0) is 17.3. The van der Waals surface area contributed by atoms with Crippen LogP contribution >= 0.6 is 12.2 Å². The second kappa shape index (κ2) is 6.79. The Morgan fingerprint density at radius 3 is 2.21 bits per heavy atom. The minimum atomic E-state index is -3.40. The molecule has 1 saturated heterocycles. The normalized spacial score (nSPS) is 17.2.